The monoisotopic (exact) mass is 240 g/mol. The number of hydrogen-bond donors (Lipinski definition) is 0. The molecule has 2 aliphatic heterocycles. The molecule has 1 aromatic rings. The summed E-state index contributed by atoms with van der Waals surface area (Å²) in [5.41, 5.74) is 2.61. The number of allylic oxidation sites excluding steroid dienone is 2. The van der Waals surface area contributed by atoms with E-state index in [-0.39, 0.29) is 12.1 Å². The van der Waals surface area contributed by atoms with E-state index in [4.69, 9.17) is 0 Å². The molecular weight excluding hydrogens is 224 g/mol. The van der Waals surface area contributed by atoms with Gasteiger partial charge < -0.3 is 4.90 Å². The minimum Gasteiger partial charge on any atom is -0.347 e. The molecular formula is C15H16N2O. The molecule has 0 fully saturated rings. The Morgan fingerprint density at radius 1 is 1.28 bits per heavy atom. The molecule has 2 heterocycles. The van der Waals surface area contributed by atoms with Gasteiger partial charge in [0, 0.05) is 25.4 Å². The second-order valence-electron chi connectivity index (χ2n) is 4.64. The summed E-state index contributed by atoms with van der Waals surface area (Å²) < 4.78 is 0. The molecule has 0 radical (unpaired) electrons. The number of carbonyl (C=O) groups excluding carboxylic acids is 1. The van der Waals surface area contributed by atoms with Crippen LogP contribution in [0, 0.1) is 0 Å². The maximum atomic E-state index is 11.7. The highest BCUT2D eigenvalue weighted by atomic mass is 16.2. The second-order valence-corrected chi connectivity index (χ2v) is 4.64. The largest absolute Gasteiger partial charge is 0.347 e. The highest BCUT2D eigenvalue weighted by Crippen LogP contribution is 2.31. The van der Waals surface area contributed by atoms with Crippen molar-refractivity contribution in [2.75, 3.05) is 11.4 Å². The zero-order chi connectivity index (χ0) is 12.5. The third-order valence-electron chi connectivity index (χ3n) is 3.53. The molecule has 0 spiro atoms. The quantitative estimate of drug-likeness (QED) is 0.752. The van der Waals surface area contributed by atoms with Crippen molar-refractivity contribution >= 4 is 11.6 Å². The van der Waals surface area contributed by atoms with Crippen molar-refractivity contribution < 1.29 is 4.79 Å². The predicted molar refractivity (Wildman–Crippen MR) is 72.1 cm³/mol. The summed E-state index contributed by atoms with van der Waals surface area (Å²) in [4.78, 5) is 15.8. The summed E-state index contributed by atoms with van der Waals surface area (Å²) in [6.45, 7) is 2.57. The maximum Gasteiger partial charge on any atom is 0.225 e. The zero-order valence-corrected chi connectivity index (χ0v) is 10.4. The van der Waals surface area contributed by atoms with Gasteiger partial charge in [0.25, 0.3) is 0 Å². The number of para-hydroxylation sites is 1. The van der Waals surface area contributed by atoms with Crippen molar-refractivity contribution in [3.63, 3.8) is 0 Å². The standard InChI is InChI=1S/C15H16N2O/c1-12(18)16-10-5-4-8-15(16)17-11-9-13-6-2-3-7-14(13)17/h2-8,10,15H,9,11H2,1H3/t15-/m0/s1. The van der Waals surface area contributed by atoms with Gasteiger partial charge in [-0.3, -0.25) is 9.69 Å². The molecule has 92 valence electrons. The molecule has 0 N–H and O–H groups in total. The summed E-state index contributed by atoms with van der Waals surface area (Å²) in [7, 11) is 0. The predicted octanol–water partition coefficient (Wildman–Crippen LogP) is 2.31. The van der Waals surface area contributed by atoms with Crippen LogP contribution in [0.2, 0.25) is 0 Å². The Bertz CT molecular complexity index is 533. The summed E-state index contributed by atoms with van der Waals surface area (Å²) in [5.74, 6) is 0.0741. The lowest BCUT2D eigenvalue weighted by Crippen LogP contribution is -2.47. The van der Waals surface area contributed by atoms with E-state index in [9.17, 15) is 4.79 Å². The van der Waals surface area contributed by atoms with Crippen molar-refractivity contribution in [1.82, 2.24) is 4.90 Å². The first-order valence-corrected chi connectivity index (χ1v) is 6.26. The average Bonchev–Trinajstić information content (AvgIpc) is 2.82. The number of rotatable bonds is 1. The van der Waals surface area contributed by atoms with Crippen LogP contribution in [0.4, 0.5) is 5.69 Å². The summed E-state index contributed by atoms with van der Waals surface area (Å²) in [6.07, 6.45) is 8.90. The van der Waals surface area contributed by atoms with Gasteiger partial charge in [0.05, 0.1) is 0 Å². The van der Waals surface area contributed by atoms with Gasteiger partial charge in [0.2, 0.25) is 5.91 Å². The first kappa shape index (κ1) is 11.1. The van der Waals surface area contributed by atoms with Gasteiger partial charge in [-0.05, 0) is 30.2 Å². The Labute approximate surface area is 107 Å². The van der Waals surface area contributed by atoms with E-state index in [1.54, 1.807) is 11.8 Å². The van der Waals surface area contributed by atoms with E-state index >= 15 is 0 Å². The Morgan fingerprint density at radius 2 is 2.11 bits per heavy atom. The van der Waals surface area contributed by atoms with E-state index in [0.717, 1.165) is 13.0 Å². The number of carbonyl (C=O) groups is 1. The first-order valence-electron chi connectivity index (χ1n) is 6.26. The van der Waals surface area contributed by atoms with Crippen molar-refractivity contribution in [3.05, 3.63) is 54.3 Å². The van der Waals surface area contributed by atoms with Crippen molar-refractivity contribution in [2.24, 2.45) is 0 Å². The number of anilines is 1. The van der Waals surface area contributed by atoms with Gasteiger partial charge >= 0.3 is 0 Å². The minimum atomic E-state index is 0.0103. The minimum absolute atomic E-state index is 0.0103. The topological polar surface area (TPSA) is 23.6 Å². The van der Waals surface area contributed by atoms with Gasteiger partial charge in [-0.25, -0.2) is 0 Å². The van der Waals surface area contributed by atoms with Crippen LogP contribution in [0.1, 0.15) is 12.5 Å². The van der Waals surface area contributed by atoms with E-state index < -0.39 is 0 Å². The molecule has 18 heavy (non-hydrogen) atoms. The Morgan fingerprint density at radius 3 is 2.94 bits per heavy atom. The van der Waals surface area contributed by atoms with Crippen LogP contribution in [-0.2, 0) is 11.2 Å². The molecule has 0 saturated carbocycles. The summed E-state index contributed by atoms with van der Waals surface area (Å²) in [6, 6.07) is 8.42. The number of benzene rings is 1. The lowest BCUT2D eigenvalue weighted by atomic mass is 10.2. The molecule has 1 atom stereocenters. The molecule has 0 saturated heterocycles. The molecule has 3 heteroatoms. The van der Waals surface area contributed by atoms with Crippen LogP contribution in [-0.4, -0.2) is 23.5 Å². The van der Waals surface area contributed by atoms with Crippen LogP contribution in [0.25, 0.3) is 0 Å². The van der Waals surface area contributed by atoms with Crippen molar-refractivity contribution in [2.45, 2.75) is 19.5 Å². The van der Waals surface area contributed by atoms with Crippen LogP contribution < -0.4 is 4.90 Å². The van der Waals surface area contributed by atoms with E-state index in [0.29, 0.717) is 0 Å². The highest BCUT2D eigenvalue weighted by molar-refractivity contribution is 5.76. The van der Waals surface area contributed by atoms with E-state index in [1.165, 1.54) is 11.3 Å². The Kier molecular flexibility index (Phi) is 2.67. The molecule has 1 aromatic carbocycles. The lowest BCUT2D eigenvalue weighted by molar-refractivity contribution is -0.127. The molecule has 2 aliphatic rings. The Balaban J connectivity index is 1.94. The lowest BCUT2D eigenvalue weighted by Gasteiger charge is -2.36. The molecule has 1 amide bonds. The van der Waals surface area contributed by atoms with Crippen LogP contribution in [0.5, 0.6) is 0 Å². The normalized spacial score (nSPS) is 21.3. The molecule has 0 aromatic heterocycles. The van der Waals surface area contributed by atoms with Crippen molar-refractivity contribution in [3.8, 4) is 0 Å². The van der Waals surface area contributed by atoms with E-state index in [2.05, 4.69) is 35.2 Å². The summed E-state index contributed by atoms with van der Waals surface area (Å²) >= 11 is 0. The second kappa shape index (κ2) is 4.33. The first-order chi connectivity index (χ1) is 8.77. The SMILES string of the molecule is CC(=O)N1C=CC=C[C@@H]1N1CCc2ccccc21. The van der Waals surface area contributed by atoms with Gasteiger partial charge in [0.15, 0.2) is 0 Å². The number of nitrogens with zero attached hydrogens (tertiary/aromatic N) is 2. The highest BCUT2D eigenvalue weighted by Gasteiger charge is 2.29. The number of hydrogen-bond acceptors (Lipinski definition) is 2. The fourth-order valence-corrected chi connectivity index (χ4v) is 2.67. The average molecular weight is 240 g/mol. The molecule has 0 bridgehead atoms. The van der Waals surface area contributed by atoms with Crippen LogP contribution in [0.15, 0.2) is 48.7 Å². The molecule has 3 nitrogen and oxygen atoms in total. The summed E-state index contributed by atoms with van der Waals surface area (Å²) in [5, 5.41) is 0. The third-order valence-corrected chi connectivity index (χ3v) is 3.53. The molecule has 0 aliphatic carbocycles. The molecule has 3 rings (SSSR count). The van der Waals surface area contributed by atoms with Gasteiger partial charge in [0.1, 0.15) is 6.17 Å². The van der Waals surface area contributed by atoms with Crippen LogP contribution in [0.3, 0.4) is 0 Å². The smallest absolute Gasteiger partial charge is 0.225 e. The van der Waals surface area contributed by atoms with Crippen molar-refractivity contribution in [1.29, 1.82) is 0 Å². The fraction of sp³-hybridized carbons (Fsp3) is 0.267. The zero-order valence-electron chi connectivity index (χ0n) is 10.4. The third kappa shape index (κ3) is 1.72. The van der Waals surface area contributed by atoms with Gasteiger partial charge in [-0.15, -0.1) is 0 Å². The maximum absolute atomic E-state index is 11.7. The Hall–Kier alpha value is -2.03. The van der Waals surface area contributed by atoms with E-state index in [1.807, 2.05) is 18.4 Å². The number of fused-ring (bicyclic) bond motifs is 1. The number of amides is 1. The fourth-order valence-electron chi connectivity index (χ4n) is 2.67. The van der Waals surface area contributed by atoms with Gasteiger partial charge in [-0.2, -0.15) is 0 Å². The molecule has 0 unspecified atom stereocenters. The van der Waals surface area contributed by atoms with Gasteiger partial charge in [-0.1, -0.05) is 24.3 Å². The van der Waals surface area contributed by atoms with Crippen LogP contribution >= 0.6 is 0 Å².